The van der Waals surface area contributed by atoms with E-state index in [0.29, 0.717) is 11.3 Å². The maximum Gasteiger partial charge on any atom is 0.187 e. The van der Waals surface area contributed by atoms with Crippen molar-refractivity contribution in [3.05, 3.63) is 138 Å². The number of nitriles is 1. The van der Waals surface area contributed by atoms with Crippen LogP contribution in [0.2, 0.25) is 0 Å². The van der Waals surface area contributed by atoms with Crippen molar-refractivity contribution < 1.29 is 0 Å². The average molecular weight is 481 g/mol. The molecule has 7 aromatic carbocycles. The molecule has 0 spiro atoms. The molecule has 174 valence electrons. The zero-order valence-electron chi connectivity index (χ0n) is 20.4. The Labute approximate surface area is 220 Å². The number of benzene rings is 7. The Hall–Kier alpha value is -5.44. The van der Waals surface area contributed by atoms with E-state index in [-0.39, 0.29) is 0 Å². The lowest BCUT2D eigenvalue weighted by molar-refractivity contribution is 1.50. The number of nitrogens with zero attached hydrogens (tertiary/aromatic N) is 2. The molecule has 0 aromatic heterocycles. The minimum atomic E-state index is 0.657. The maximum absolute atomic E-state index is 9.31. The minimum Gasteiger partial charge on any atom is -0.238 e. The van der Waals surface area contributed by atoms with Crippen LogP contribution in [0.5, 0.6) is 0 Å². The topological polar surface area (TPSA) is 28.1 Å². The average Bonchev–Trinajstić information content (AvgIpc) is 2.98. The smallest absolute Gasteiger partial charge is 0.187 e. The van der Waals surface area contributed by atoms with Crippen molar-refractivity contribution in [3.8, 4) is 28.3 Å². The summed E-state index contributed by atoms with van der Waals surface area (Å²) in [5.74, 6) is 0. The van der Waals surface area contributed by atoms with Gasteiger partial charge >= 0.3 is 0 Å². The van der Waals surface area contributed by atoms with Gasteiger partial charge in [0, 0.05) is 0 Å². The van der Waals surface area contributed by atoms with Crippen molar-refractivity contribution in [2.75, 3.05) is 0 Å². The van der Waals surface area contributed by atoms with E-state index in [9.17, 15) is 5.26 Å². The first-order valence-electron chi connectivity index (χ1n) is 12.5. The predicted molar refractivity (Wildman–Crippen MR) is 158 cm³/mol. The van der Waals surface area contributed by atoms with E-state index >= 15 is 0 Å². The third-order valence-corrected chi connectivity index (χ3v) is 7.43. The second-order valence-electron chi connectivity index (χ2n) is 9.59. The number of hydrogen-bond acceptors (Lipinski definition) is 1. The summed E-state index contributed by atoms with van der Waals surface area (Å²) in [7, 11) is 0. The molecule has 0 heterocycles. The molecule has 0 fully saturated rings. The fourth-order valence-electron chi connectivity index (χ4n) is 5.68. The first-order valence-corrected chi connectivity index (χ1v) is 12.5. The highest BCUT2D eigenvalue weighted by Crippen LogP contribution is 2.44. The molecule has 38 heavy (non-hydrogen) atoms. The minimum absolute atomic E-state index is 0.657. The molecule has 2 nitrogen and oxygen atoms in total. The third-order valence-electron chi connectivity index (χ3n) is 7.43. The molecule has 7 aromatic rings. The van der Waals surface area contributed by atoms with Crippen molar-refractivity contribution in [2.45, 2.75) is 0 Å². The quantitative estimate of drug-likeness (QED) is 0.179. The first kappa shape index (κ1) is 21.8. The summed E-state index contributed by atoms with van der Waals surface area (Å²) in [6.45, 7) is 7.34. The van der Waals surface area contributed by atoms with Gasteiger partial charge < -0.3 is 0 Å². The maximum atomic E-state index is 9.31. The van der Waals surface area contributed by atoms with E-state index in [2.05, 4.69) is 95.8 Å². The summed E-state index contributed by atoms with van der Waals surface area (Å²) in [5.41, 5.74) is 6.08. The van der Waals surface area contributed by atoms with Gasteiger partial charge in [-0.2, -0.15) is 5.26 Å². The summed E-state index contributed by atoms with van der Waals surface area (Å²) in [4.78, 5) is 3.58. The predicted octanol–water partition coefficient (Wildman–Crippen LogP) is 10.1. The fraction of sp³-hybridized carbons (Fsp3) is 0. The van der Waals surface area contributed by atoms with Crippen LogP contribution in [0.15, 0.2) is 121 Å². The summed E-state index contributed by atoms with van der Waals surface area (Å²) in [6, 6.07) is 44.3. The standard InChI is InChI=1S/C36H20N2/c1-38-30-17-16-26-20-29(15-13-27(26)21-30)36-33-8-4-2-6-31(33)35(32-7-3-5-9-34(32)36)28-14-12-24-18-23(22-37)10-11-25(24)19-28/h2-21H. The molecule has 0 saturated carbocycles. The van der Waals surface area contributed by atoms with Gasteiger partial charge in [-0.3, -0.25) is 0 Å². The lowest BCUT2D eigenvalue weighted by Crippen LogP contribution is -1.91. The number of fused-ring (bicyclic) bond motifs is 4. The first-order chi connectivity index (χ1) is 18.7. The lowest BCUT2D eigenvalue weighted by atomic mass is 9.85. The zero-order valence-corrected chi connectivity index (χ0v) is 20.4. The molecule has 0 bridgehead atoms. The lowest BCUT2D eigenvalue weighted by Gasteiger charge is -2.18. The van der Waals surface area contributed by atoms with E-state index in [1.54, 1.807) is 0 Å². The van der Waals surface area contributed by atoms with Gasteiger partial charge in [0.2, 0.25) is 0 Å². The molecule has 0 N–H and O–H groups in total. The monoisotopic (exact) mass is 480 g/mol. The summed E-state index contributed by atoms with van der Waals surface area (Å²) in [6.07, 6.45) is 0. The second-order valence-corrected chi connectivity index (χ2v) is 9.59. The highest BCUT2D eigenvalue weighted by molar-refractivity contribution is 6.22. The van der Waals surface area contributed by atoms with E-state index < -0.39 is 0 Å². The third kappa shape index (κ3) is 3.40. The fourth-order valence-corrected chi connectivity index (χ4v) is 5.68. The Balaban J connectivity index is 1.54. The highest BCUT2D eigenvalue weighted by Gasteiger charge is 2.17. The van der Waals surface area contributed by atoms with Crippen LogP contribution in [0.3, 0.4) is 0 Å². The molecular formula is C36H20N2. The van der Waals surface area contributed by atoms with Crippen LogP contribution in [0.4, 0.5) is 5.69 Å². The molecule has 0 aliphatic rings. The molecule has 0 radical (unpaired) electrons. The Morgan fingerprint density at radius 2 is 0.947 bits per heavy atom. The van der Waals surface area contributed by atoms with E-state index in [4.69, 9.17) is 6.57 Å². The van der Waals surface area contributed by atoms with E-state index in [0.717, 1.165) is 32.7 Å². The Morgan fingerprint density at radius 3 is 1.45 bits per heavy atom. The summed E-state index contributed by atoms with van der Waals surface area (Å²) in [5, 5.41) is 18.5. The molecule has 0 aliphatic carbocycles. The Bertz CT molecular complexity index is 1940. The van der Waals surface area contributed by atoms with Crippen LogP contribution in [0.1, 0.15) is 5.56 Å². The largest absolute Gasteiger partial charge is 0.238 e. The van der Waals surface area contributed by atoms with E-state index in [1.807, 2.05) is 36.4 Å². The molecule has 0 amide bonds. The van der Waals surface area contributed by atoms with Crippen LogP contribution in [0, 0.1) is 17.9 Å². The van der Waals surface area contributed by atoms with Crippen LogP contribution in [-0.4, -0.2) is 0 Å². The van der Waals surface area contributed by atoms with E-state index in [1.165, 1.54) is 32.7 Å². The number of rotatable bonds is 2. The molecule has 0 aliphatic heterocycles. The normalized spacial score (nSPS) is 11.1. The van der Waals surface area contributed by atoms with Gasteiger partial charge in [0.1, 0.15) is 0 Å². The van der Waals surface area contributed by atoms with Gasteiger partial charge in [-0.25, -0.2) is 4.85 Å². The summed E-state index contributed by atoms with van der Waals surface area (Å²) < 4.78 is 0. The Kier molecular flexibility index (Phi) is 4.93. The van der Waals surface area contributed by atoms with Gasteiger partial charge in [-0.15, -0.1) is 0 Å². The molecule has 0 saturated heterocycles. The highest BCUT2D eigenvalue weighted by atomic mass is 14.6. The molecular weight excluding hydrogens is 460 g/mol. The van der Waals surface area contributed by atoms with Crippen LogP contribution in [-0.2, 0) is 0 Å². The SMILES string of the molecule is [C-]#[N+]c1ccc2cc(-c3c4ccccc4c(-c4ccc5cc(C#N)ccc5c4)c4ccccc34)ccc2c1. The summed E-state index contributed by atoms with van der Waals surface area (Å²) >= 11 is 0. The zero-order chi connectivity index (χ0) is 25.6. The number of hydrogen-bond donors (Lipinski definition) is 0. The van der Waals surface area contributed by atoms with Gasteiger partial charge in [0.25, 0.3) is 0 Å². The van der Waals surface area contributed by atoms with Crippen molar-refractivity contribution in [3.63, 3.8) is 0 Å². The van der Waals surface area contributed by atoms with Gasteiger partial charge in [-0.05, 0) is 95.7 Å². The van der Waals surface area contributed by atoms with Crippen molar-refractivity contribution >= 4 is 48.8 Å². The molecule has 0 atom stereocenters. The molecule has 2 heteroatoms. The van der Waals surface area contributed by atoms with Gasteiger partial charge in [-0.1, -0.05) is 91.0 Å². The van der Waals surface area contributed by atoms with Crippen LogP contribution >= 0.6 is 0 Å². The second kappa shape index (κ2) is 8.59. The van der Waals surface area contributed by atoms with Crippen molar-refractivity contribution in [1.82, 2.24) is 0 Å². The Morgan fingerprint density at radius 1 is 0.500 bits per heavy atom. The molecule has 0 unspecified atom stereocenters. The van der Waals surface area contributed by atoms with Crippen LogP contribution in [0.25, 0.3) is 70.2 Å². The molecule has 7 rings (SSSR count). The van der Waals surface area contributed by atoms with Crippen LogP contribution < -0.4 is 0 Å². The van der Waals surface area contributed by atoms with Gasteiger partial charge in [0.15, 0.2) is 5.69 Å². The van der Waals surface area contributed by atoms with Crippen molar-refractivity contribution in [1.29, 1.82) is 5.26 Å². The van der Waals surface area contributed by atoms with Gasteiger partial charge in [0.05, 0.1) is 18.2 Å². The van der Waals surface area contributed by atoms with Crippen molar-refractivity contribution in [2.24, 2.45) is 0 Å².